The maximum atomic E-state index is 12.1. The number of fused-ring (bicyclic) bond motifs is 1. The van der Waals surface area contributed by atoms with Crippen LogP contribution in [-0.2, 0) is 14.8 Å². The second-order valence-electron chi connectivity index (χ2n) is 9.53. The van der Waals surface area contributed by atoms with Crippen molar-refractivity contribution in [1.82, 2.24) is 29.2 Å². The van der Waals surface area contributed by atoms with Crippen LogP contribution in [0.3, 0.4) is 0 Å². The zero-order chi connectivity index (χ0) is 25.3. The molecule has 12 nitrogen and oxygen atoms in total. The number of carbonyl (C=O) groups is 1. The van der Waals surface area contributed by atoms with Crippen molar-refractivity contribution in [3.63, 3.8) is 0 Å². The number of sulfonamides is 1. The van der Waals surface area contributed by atoms with Gasteiger partial charge in [-0.05, 0) is 37.7 Å². The number of rotatable bonds is 7. The van der Waals surface area contributed by atoms with Gasteiger partial charge in [-0.1, -0.05) is 0 Å². The maximum absolute atomic E-state index is 12.1. The summed E-state index contributed by atoms with van der Waals surface area (Å²) < 4.78 is 25.8. The molecule has 2 aliphatic heterocycles. The Morgan fingerprint density at radius 2 is 1.97 bits per heavy atom. The molecule has 1 atom stereocenters. The summed E-state index contributed by atoms with van der Waals surface area (Å²) in [6.07, 6.45) is 9.69. The van der Waals surface area contributed by atoms with Crippen LogP contribution in [0.1, 0.15) is 32.1 Å². The lowest BCUT2D eigenvalue weighted by atomic mass is 9.94. The number of nitrogens with zero attached hydrogens (tertiary/aromatic N) is 6. The van der Waals surface area contributed by atoms with Crippen molar-refractivity contribution in [2.75, 3.05) is 42.7 Å². The first-order chi connectivity index (χ1) is 17.3. The third-order valence-electron chi connectivity index (χ3n) is 6.87. The molecule has 192 valence electrons. The lowest BCUT2D eigenvalue weighted by molar-refractivity contribution is -0.138. The van der Waals surface area contributed by atoms with Crippen LogP contribution in [0.4, 0.5) is 11.8 Å². The first kappa shape index (κ1) is 24.4. The molecule has 13 heteroatoms. The van der Waals surface area contributed by atoms with Gasteiger partial charge in [-0.25, -0.2) is 27.7 Å². The van der Waals surface area contributed by atoms with Gasteiger partial charge in [-0.3, -0.25) is 4.79 Å². The van der Waals surface area contributed by atoms with Crippen molar-refractivity contribution in [2.45, 2.75) is 38.1 Å². The maximum Gasteiger partial charge on any atom is 0.303 e. The molecule has 0 amide bonds. The molecule has 3 aromatic heterocycles. The minimum atomic E-state index is -3.29. The summed E-state index contributed by atoms with van der Waals surface area (Å²) in [5, 5.41) is 12.6. The summed E-state index contributed by atoms with van der Waals surface area (Å²) in [6.45, 7) is 2.23. The molecule has 2 fully saturated rings. The standard InChI is InChI=1S/C23H30N8O4S/c1-36(34,35)31-8-2-3-16(14-31)27-21-17(19-13-25-22-18(28-19)4-7-24-22)12-26-23(29-21)30-9-5-15(6-10-30)11-20(32)33/h4,7,12-13,15-16H,2-3,5-6,8-11,14H2,1H3,(H,24,25)(H,32,33)(H,26,27,29). The van der Waals surface area contributed by atoms with Gasteiger partial charge in [-0.15, -0.1) is 0 Å². The fraction of sp³-hybridized carbons (Fsp3) is 0.522. The number of piperidine rings is 2. The highest BCUT2D eigenvalue weighted by atomic mass is 32.2. The number of aromatic nitrogens is 5. The van der Waals surface area contributed by atoms with Gasteiger partial charge in [0.1, 0.15) is 11.3 Å². The highest BCUT2D eigenvalue weighted by Gasteiger charge is 2.28. The predicted octanol–water partition coefficient (Wildman–Crippen LogP) is 1.94. The zero-order valence-electron chi connectivity index (χ0n) is 20.1. The van der Waals surface area contributed by atoms with E-state index < -0.39 is 16.0 Å². The summed E-state index contributed by atoms with van der Waals surface area (Å²) in [4.78, 5) is 34.8. The Labute approximate surface area is 209 Å². The lowest BCUT2D eigenvalue weighted by Crippen LogP contribution is -2.44. The van der Waals surface area contributed by atoms with E-state index in [1.807, 2.05) is 6.07 Å². The van der Waals surface area contributed by atoms with Gasteiger partial charge >= 0.3 is 5.97 Å². The van der Waals surface area contributed by atoms with Crippen LogP contribution in [0.15, 0.2) is 24.7 Å². The third-order valence-corrected chi connectivity index (χ3v) is 8.14. The van der Waals surface area contributed by atoms with Crippen molar-refractivity contribution in [3.8, 4) is 11.3 Å². The van der Waals surface area contributed by atoms with Crippen LogP contribution >= 0.6 is 0 Å². The molecule has 1 unspecified atom stereocenters. The highest BCUT2D eigenvalue weighted by Crippen LogP contribution is 2.30. The Morgan fingerprint density at radius 3 is 2.72 bits per heavy atom. The van der Waals surface area contributed by atoms with Crippen molar-refractivity contribution in [2.24, 2.45) is 5.92 Å². The van der Waals surface area contributed by atoms with E-state index in [1.54, 1.807) is 18.6 Å². The van der Waals surface area contributed by atoms with Crippen LogP contribution in [0.5, 0.6) is 0 Å². The molecule has 5 heterocycles. The second kappa shape index (κ2) is 9.97. The minimum Gasteiger partial charge on any atom is -0.481 e. The molecule has 0 aliphatic carbocycles. The Morgan fingerprint density at radius 1 is 1.17 bits per heavy atom. The van der Waals surface area contributed by atoms with E-state index in [9.17, 15) is 13.2 Å². The topological polar surface area (TPSA) is 157 Å². The normalized spacial score (nSPS) is 20.0. The van der Waals surface area contributed by atoms with Gasteiger partial charge in [0.25, 0.3) is 0 Å². The number of aromatic amines is 1. The van der Waals surface area contributed by atoms with Crippen LogP contribution in [-0.4, -0.2) is 87.2 Å². The summed E-state index contributed by atoms with van der Waals surface area (Å²) in [7, 11) is -3.29. The quantitative estimate of drug-likeness (QED) is 0.425. The molecule has 3 N–H and O–H groups in total. The Bertz CT molecular complexity index is 1350. The molecule has 0 radical (unpaired) electrons. The van der Waals surface area contributed by atoms with Crippen molar-refractivity contribution in [1.29, 1.82) is 0 Å². The SMILES string of the molecule is CS(=O)(=O)N1CCCC(Nc2nc(N3CCC(CC(=O)O)CC3)ncc2-c2cnc3[nH]ccc3n2)C1. The van der Waals surface area contributed by atoms with Gasteiger partial charge < -0.3 is 20.3 Å². The molecule has 36 heavy (non-hydrogen) atoms. The largest absolute Gasteiger partial charge is 0.481 e. The van der Waals surface area contributed by atoms with Crippen LogP contribution in [0, 0.1) is 5.92 Å². The molecule has 3 aromatic rings. The van der Waals surface area contributed by atoms with Crippen molar-refractivity contribution >= 4 is 38.9 Å². The molecule has 2 saturated heterocycles. The molecular formula is C23H30N8O4S. The fourth-order valence-corrected chi connectivity index (χ4v) is 5.83. The Hall–Kier alpha value is -3.32. The van der Waals surface area contributed by atoms with E-state index in [0.29, 0.717) is 54.8 Å². The van der Waals surface area contributed by atoms with Crippen molar-refractivity contribution in [3.05, 3.63) is 24.7 Å². The summed E-state index contributed by atoms with van der Waals surface area (Å²) in [5.74, 6) is 0.526. The Balaban J connectivity index is 1.43. The van der Waals surface area contributed by atoms with E-state index in [-0.39, 0.29) is 18.4 Å². The zero-order valence-corrected chi connectivity index (χ0v) is 20.9. The van der Waals surface area contributed by atoms with Crippen LogP contribution in [0.25, 0.3) is 22.4 Å². The van der Waals surface area contributed by atoms with Crippen LogP contribution < -0.4 is 10.2 Å². The summed E-state index contributed by atoms with van der Waals surface area (Å²) in [5.41, 5.74) is 2.72. The monoisotopic (exact) mass is 514 g/mol. The summed E-state index contributed by atoms with van der Waals surface area (Å²) in [6, 6.07) is 1.74. The number of hydrogen-bond donors (Lipinski definition) is 3. The predicted molar refractivity (Wildman–Crippen MR) is 135 cm³/mol. The van der Waals surface area contributed by atoms with Crippen molar-refractivity contribution < 1.29 is 18.3 Å². The third kappa shape index (κ3) is 5.41. The van der Waals surface area contributed by atoms with Gasteiger partial charge in [0, 0.05) is 51.0 Å². The fourth-order valence-electron chi connectivity index (χ4n) is 4.92. The number of anilines is 2. The van der Waals surface area contributed by atoms with Gasteiger partial charge in [0.15, 0.2) is 5.65 Å². The molecule has 5 rings (SSSR count). The Kier molecular flexibility index (Phi) is 6.75. The minimum absolute atomic E-state index is 0.111. The number of H-pyrrole nitrogens is 1. The van der Waals surface area contributed by atoms with Gasteiger partial charge in [-0.2, -0.15) is 4.98 Å². The van der Waals surface area contributed by atoms with E-state index in [1.165, 1.54) is 10.6 Å². The van der Waals surface area contributed by atoms with E-state index in [4.69, 9.17) is 15.1 Å². The summed E-state index contributed by atoms with van der Waals surface area (Å²) >= 11 is 0. The number of hydrogen-bond acceptors (Lipinski definition) is 9. The second-order valence-corrected chi connectivity index (χ2v) is 11.5. The van der Waals surface area contributed by atoms with Crippen LogP contribution in [0.2, 0.25) is 0 Å². The van der Waals surface area contributed by atoms with E-state index >= 15 is 0 Å². The first-order valence-electron chi connectivity index (χ1n) is 12.1. The first-order valence-corrected chi connectivity index (χ1v) is 14.0. The molecule has 0 bridgehead atoms. The lowest BCUT2D eigenvalue weighted by Gasteiger charge is -2.33. The smallest absolute Gasteiger partial charge is 0.303 e. The number of carboxylic acids is 1. The number of carboxylic acid groups (broad SMARTS) is 1. The molecular weight excluding hydrogens is 484 g/mol. The highest BCUT2D eigenvalue weighted by molar-refractivity contribution is 7.88. The molecule has 0 saturated carbocycles. The average Bonchev–Trinajstić information content (AvgIpc) is 3.32. The number of nitrogens with one attached hydrogen (secondary N) is 2. The van der Waals surface area contributed by atoms with Gasteiger partial charge in [0.05, 0.1) is 23.7 Å². The molecule has 2 aliphatic rings. The number of aliphatic carboxylic acids is 1. The average molecular weight is 515 g/mol. The van der Waals surface area contributed by atoms with E-state index in [0.717, 1.165) is 31.2 Å². The van der Waals surface area contributed by atoms with Gasteiger partial charge in [0.2, 0.25) is 16.0 Å². The van der Waals surface area contributed by atoms with E-state index in [2.05, 4.69) is 25.2 Å². The molecule has 0 aromatic carbocycles. The molecule has 0 spiro atoms.